The maximum absolute atomic E-state index is 2.68. The van der Waals surface area contributed by atoms with Crippen molar-refractivity contribution < 1.29 is 0 Å². The normalized spacial score (nSPS) is 16.6. The first-order valence-electron chi connectivity index (χ1n) is 50.0. The lowest BCUT2D eigenvalue weighted by Gasteiger charge is -2.36. The van der Waals surface area contributed by atoms with E-state index in [9.17, 15) is 0 Å². The minimum absolute atomic E-state index is 0.106. The zero-order valence-corrected chi connectivity index (χ0v) is 82.3. The van der Waals surface area contributed by atoms with Gasteiger partial charge in [0.15, 0.2) is 0 Å². The first kappa shape index (κ1) is 84.4. The molecule has 0 amide bonds. The lowest BCUT2D eigenvalue weighted by molar-refractivity contribution is 0.586. The zero-order valence-electron chi connectivity index (χ0n) is 80.7. The van der Waals surface area contributed by atoms with Crippen LogP contribution in [0.1, 0.15) is 183 Å². The molecular weight excluding hydrogens is 1730 g/mol. The minimum Gasteiger partial charge on any atom is -0.310 e. The van der Waals surface area contributed by atoms with Crippen molar-refractivity contribution in [3.8, 4) is 89.0 Å². The van der Waals surface area contributed by atoms with Crippen molar-refractivity contribution in [2.24, 2.45) is 0 Å². The molecule has 0 saturated carbocycles. The van der Waals surface area contributed by atoms with Gasteiger partial charge in [-0.25, -0.2) is 0 Å². The summed E-state index contributed by atoms with van der Waals surface area (Å²) in [6.45, 7) is 23.9. The fraction of sp³-hybridized carbons (Fsp3) is 0.147. The van der Waals surface area contributed by atoms with Crippen LogP contribution in [0, 0.1) is 0 Å². The fourth-order valence-corrected chi connectivity index (χ4v) is 28.6. The summed E-state index contributed by atoms with van der Waals surface area (Å²) in [4.78, 5) is 6.65. The fourth-order valence-electron chi connectivity index (χ4n) is 26.1. The SMILES string of the molecule is CC(C)(C)c1ccc2c(c1)C1(c3ccccc3-c3ccc(N(c4ccccc4-c4cccc5c4-c4ccccc4C5(C)C)c4ccc(-c5ccc6c(c5)SC5C=CC(c7ccccc7N(C7=C(c8cccc9c8-c8ccccc8C9(C)C)CCC=C7)c7ccc8c(c7)C(c7ccccc7)(c7ccccc7)c7ccccc7-8)=CC65)cc4-c4cccc5sc6ccccc6c45)cc31)c1cc(C(C)(C)C)ccc1-2. The smallest absolute Gasteiger partial charge is 0.0726 e. The van der Waals surface area contributed by atoms with Crippen LogP contribution in [-0.4, -0.2) is 5.25 Å². The lowest BCUT2D eigenvalue weighted by Crippen LogP contribution is -2.29. The number of benzene rings is 18. The van der Waals surface area contributed by atoms with Crippen LogP contribution in [0.3, 0.4) is 0 Å². The van der Waals surface area contributed by atoms with E-state index >= 15 is 0 Å². The van der Waals surface area contributed by atoms with Crippen LogP contribution in [-0.2, 0) is 32.5 Å². The van der Waals surface area contributed by atoms with Crippen molar-refractivity contribution in [3.05, 3.63) is 525 Å². The second-order valence-electron chi connectivity index (χ2n) is 43.0. The molecule has 4 heteroatoms. The van der Waals surface area contributed by atoms with E-state index in [2.05, 4.69) is 504 Å². The number of anilines is 5. The Morgan fingerprint density at radius 2 is 0.764 bits per heavy atom. The quantitative estimate of drug-likeness (QED) is 0.114. The molecule has 2 nitrogen and oxygen atoms in total. The molecule has 1 spiro atoms. The van der Waals surface area contributed by atoms with E-state index in [1.807, 2.05) is 23.1 Å². The van der Waals surface area contributed by atoms with Gasteiger partial charge in [-0.1, -0.05) is 421 Å². The zero-order chi connectivity index (χ0) is 94.2. The summed E-state index contributed by atoms with van der Waals surface area (Å²) < 4.78 is 2.54. The molecule has 8 aliphatic rings. The van der Waals surface area contributed by atoms with Crippen LogP contribution in [0.25, 0.3) is 120 Å². The molecule has 0 saturated heterocycles. The topological polar surface area (TPSA) is 6.48 Å². The Morgan fingerprint density at radius 3 is 1.39 bits per heavy atom. The van der Waals surface area contributed by atoms with Crippen LogP contribution in [0.2, 0.25) is 0 Å². The molecule has 19 aromatic rings. The molecule has 7 aliphatic carbocycles. The van der Waals surface area contributed by atoms with E-state index in [-0.39, 0.29) is 32.8 Å². The van der Waals surface area contributed by atoms with E-state index in [4.69, 9.17) is 0 Å². The van der Waals surface area contributed by atoms with Gasteiger partial charge in [-0.15, -0.1) is 23.1 Å². The predicted molar refractivity (Wildman–Crippen MR) is 593 cm³/mol. The van der Waals surface area contributed by atoms with E-state index in [0.29, 0.717) is 0 Å². The number of thiophene rings is 1. The maximum Gasteiger partial charge on any atom is 0.0726 e. The third kappa shape index (κ3) is 12.3. The number of allylic oxidation sites excluding steroid dienone is 6. The van der Waals surface area contributed by atoms with Crippen molar-refractivity contribution in [3.63, 3.8) is 0 Å². The van der Waals surface area contributed by atoms with Crippen molar-refractivity contribution in [1.29, 1.82) is 0 Å². The summed E-state index contributed by atoms with van der Waals surface area (Å²) in [5.41, 5.74) is 50.0. The van der Waals surface area contributed by atoms with Crippen molar-refractivity contribution >= 4 is 82.9 Å². The molecule has 2 unspecified atom stereocenters. The Labute approximate surface area is 830 Å². The maximum atomic E-state index is 2.68. The molecule has 18 aromatic carbocycles. The summed E-state index contributed by atoms with van der Waals surface area (Å²) in [6, 6.07) is 153. The van der Waals surface area contributed by atoms with Crippen LogP contribution in [0.15, 0.2) is 435 Å². The molecule has 27 rings (SSSR count). The van der Waals surface area contributed by atoms with Gasteiger partial charge in [-0.3, -0.25) is 0 Å². The molecule has 0 N–H and O–H groups in total. The van der Waals surface area contributed by atoms with Crippen LogP contribution >= 0.6 is 23.1 Å². The van der Waals surface area contributed by atoms with E-state index in [1.54, 1.807) is 0 Å². The highest BCUT2D eigenvalue weighted by Crippen LogP contribution is 2.67. The Bertz CT molecular complexity index is 8530. The highest BCUT2D eigenvalue weighted by Gasteiger charge is 2.54. The summed E-state index contributed by atoms with van der Waals surface area (Å²) in [5, 5.41) is 2.72. The van der Waals surface area contributed by atoms with Gasteiger partial charge in [-0.2, -0.15) is 0 Å². The molecule has 140 heavy (non-hydrogen) atoms. The second kappa shape index (κ2) is 31.3. The van der Waals surface area contributed by atoms with Gasteiger partial charge in [0.2, 0.25) is 0 Å². The number of hydrogen-bond donors (Lipinski definition) is 0. The molecule has 1 aromatic heterocycles. The second-order valence-corrected chi connectivity index (χ2v) is 45.3. The van der Waals surface area contributed by atoms with E-state index < -0.39 is 10.8 Å². The summed E-state index contributed by atoms with van der Waals surface area (Å²) in [5.74, 6) is 0.106. The summed E-state index contributed by atoms with van der Waals surface area (Å²) in [7, 11) is 0. The Hall–Kier alpha value is -14.9. The Kier molecular flexibility index (Phi) is 18.9. The number of thioether (sulfide) groups is 1. The predicted octanol–water partition coefficient (Wildman–Crippen LogP) is 36.6. The third-order valence-electron chi connectivity index (χ3n) is 32.8. The molecule has 0 radical (unpaired) electrons. The van der Waals surface area contributed by atoms with E-state index in [0.717, 1.165) is 52.4 Å². The highest BCUT2D eigenvalue weighted by molar-refractivity contribution is 8.00. The average molecular weight is 1830 g/mol. The van der Waals surface area contributed by atoms with Gasteiger partial charge < -0.3 is 9.80 Å². The van der Waals surface area contributed by atoms with Gasteiger partial charge in [0.05, 0.1) is 27.9 Å². The molecule has 672 valence electrons. The molecule has 2 atom stereocenters. The third-order valence-corrected chi connectivity index (χ3v) is 35.2. The van der Waals surface area contributed by atoms with Crippen LogP contribution in [0.4, 0.5) is 28.4 Å². The van der Waals surface area contributed by atoms with Crippen LogP contribution < -0.4 is 9.80 Å². The van der Waals surface area contributed by atoms with E-state index in [1.165, 1.54) is 214 Å². The molecular formula is C136H106N2S2. The first-order valence-corrected chi connectivity index (χ1v) is 51.7. The van der Waals surface area contributed by atoms with Crippen LogP contribution in [0.5, 0.6) is 0 Å². The molecule has 0 bridgehead atoms. The lowest BCUT2D eigenvalue weighted by atomic mass is 9.67. The van der Waals surface area contributed by atoms with Gasteiger partial charge in [-0.05, 0) is 275 Å². The van der Waals surface area contributed by atoms with Crippen molar-refractivity contribution in [1.82, 2.24) is 0 Å². The van der Waals surface area contributed by atoms with Gasteiger partial charge in [0.25, 0.3) is 0 Å². The largest absolute Gasteiger partial charge is 0.310 e. The molecule has 2 heterocycles. The minimum atomic E-state index is -0.658. The first-order chi connectivity index (χ1) is 68.2. The van der Waals surface area contributed by atoms with Gasteiger partial charge in [0.1, 0.15) is 0 Å². The van der Waals surface area contributed by atoms with Gasteiger partial charge >= 0.3 is 0 Å². The number of hydrogen-bond acceptors (Lipinski definition) is 4. The Balaban J connectivity index is 0.640. The van der Waals surface area contributed by atoms with Gasteiger partial charge in [0, 0.05) is 80.8 Å². The highest BCUT2D eigenvalue weighted by atomic mass is 32.2. The summed E-state index contributed by atoms with van der Waals surface area (Å²) in [6.07, 6.45) is 14.3. The molecule has 1 aliphatic heterocycles. The van der Waals surface area contributed by atoms with Crippen molar-refractivity contribution in [2.45, 2.75) is 131 Å². The monoisotopic (exact) mass is 1830 g/mol. The number of rotatable bonds is 13. The Morgan fingerprint density at radius 1 is 0.314 bits per heavy atom. The average Bonchev–Trinajstić information content (AvgIpc) is 1.50. The van der Waals surface area contributed by atoms with Crippen molar-refractivity contribution in [2.75, 3.05) is 9.80 Å². The number of fused-ring (bicyclic) bond motifs is 25. The summed E-state index contributed by atoms with van der Waals surface area (Å²) >= 11 is 3.91. The number of para-hydroxylation sites is 2. The molecule has 0 fully saturated rings. The standard InChI is InChI=1S/C136H106N2S2/c1-131(2,3)88-65-70-95-96-71-66-89(132(4,5)6)80-117(96)136(116(95)79-88)113-54-28-18-42-94(113)98-73-68-91(82-119(98)136)138(122-59-31-23-44-100(122)103-49-34-56-115-129(103)106-46-20-26-52-111(106)134(115,9)10)123-74-63-83(76-108(123)104-50-35-61-126-130(104)107-47-24-32-60-124(107)139-126)84-62-69-101-109-77-85(64-75-125(109)140-127(101)78-84)92-40-21-29-57-120(92)137(121-58-30-22-43-99(121)102-48-33-55-114-128(102)105-45-19-25-51-110(105)133(114,7)8)90-67-72-97-93-41-17-27-53-112(93)135(118(97)81-90,86-36-13-11-14-37-86)87-38-15-12-16-39-87/h11-21,23-42,44-82,109,125H,22,43H2,1-10H3. The number of nitrogens with zero attached hydrogens (tertiary/aromatic N) is 2.